The lowest BCUT2D eigenvalue weighted by molar-refractivity contribution is -0.107. The second-order valence-electron chi connectivity index (χ2n) is 6.74. The van der Waals surface area contributed by atoms with E-state index in [1.807, 2.05) is 0 Å². The minimum atomic E-state index is -1.01. The van der Waals surface area contributed by atoms with Crippen molar-refractivity contribution in [2.24, 2.45) is 0 Å². The van der Waals surface area contributed by atoms with Gasteiger partial charge in [-0.3, -0.25) is 0 Å². The molecule has 0 aromatic heterocycles. The monoisotopic (exact) mass is 324 g/mol. The van der Waals surface area contributed by atoms with Crippen LogP contribution in [0.1, 0.15) is 40.5 Å². The van der Waals surface area contributed by atoms with Gasteiger partial charge in [-0.05, 0) is 39.8 Å². The Balaban J connectivity index is 0.000000284. The fraction of sp³-hybridized carbons (Fsp3) is 0.647. The Bertz CT molecular complexity index is 476. The third-order valence-electron chi connectivity index (χ3n) is 3.92. The molecule has 0 bridgehead atoms. The first-order valence-electron chi connectivity index (χ1n) is 7.75. The molecule has 0 atom stereocenters. The summed E-state index contributed by atoms with van der Waals surface area (Å²) in [5.41, 5.74) is -1.60. The van der Waals surface area contributed by atoms with Gasteiger partial charge in [0.05, 0.1) is 24.4 Å². The van der Waals surface area contributed by atoms with Crippen molar-refractivity contribution < 1.29 is 24.1 Å². The zero-order valence-corrected chi connectivity index (χ0v) is 14.3. The summed E-state index contributed by atoms with van der Waals surface area (Å²) in [5, 5.41) is 18.2. The Morgan fingerprint density at radius 2 is 1.65 bits per heavy atom. The van der Waals surface area contributed by atoms with E-state index in [2.05, 4.69) is 0 Å². The Hall–Kier alpha value is -1.11. The highest BCUT2D eigenvalue weighted by Crippen LogP contribution is 2.20. The highest BCUT2D eigenvalue weighted by Gasteiger charge is 2.31. The molecule has 128 valence electrons. The number of ether oxygens (including phenoxy) is 2. The number of hydrogen-bond donors (Lipinski definition) is 2. The van der Waals surface area contributed by atoms with E-state index in [-0.39, 0.29) is 11.9 Å². The van der Waals surface area contributed by atoms with E-state index in [0.717, 1.165) is 12.8 Å². The van der Waals surface area contributed by atoms with Gasteiger partial charge in [0, 0.05) is 12.8 Å². The molecule has 4 nitrogen and oxygen atoms in total. The lowest BCUT2D eigenvalue weighted by Crippen LogP contribution is -2.44. The van der Waals surface area contributed by atoms with Crippen LogP contribution < -0.4 is 10.2 Å². The van der Waals surface area contributed by atoms with Crippen LogP contribution in [0.3, 0.4) is 0 Å². The third kappa shape index (κ3) is 6.89. The van der Waals surface area contributed by atoms with Gasteiger partial charge >= 0.3 is 0 Å². The quantitative estimate of drug-likeness (QED) is 0.831. The van der Waals surface area contributed by atoms with Crippen molar-refractivity contribution in [3.05, 3.63) is 24.0 Å². The second kappa shape index (κ2) is 8.13. The number of halogens is 1. The molecule has 0 spiro atoms. The summed E-state index contributed by atoms with van der Waals surface area (Å²) in [6, 6.07) is 4.48. The average Bonchev–Trinajstić information content (AvgIpc) is 2.42. The van der Waals surface area contributed by atoms with E-state index in [9.17, 15) is 4.39 Å². The van der Waals surface area contributed by atoms with Crippen LogP contribution >= 0.6 is 0 Å². The maximum Gasteiger partial charge on any atom is 0.164 e. The number of hydrogen-bond acceptors (Lipinski definition) is 4. The summed E-state index contributed by atoms with van der Waals surface area (Å²) in [7, 11) is 5.45. The molecule has 1 aliphatic heterocycles. The van der Waals surface area contributed by atoms with Gasteiger partial charge in [0.25, 0.3) is 0 Å². The van der Waals surface area contributed by atoms with Crippen molar-refractivity contribution in [1.29, 1.82) is 0 Å². The molecule has 23 heavy (non-hydrogen) atoms. The van der Waals surface area contributed by atoms with E-state index in [1.54, 1.807) is 39.8 Å². The Labute approximate surface area is 139 Å². The summed E-state index contributed by atoms with van der Waals surface area (Å²) < 4.78 is 24.1. The smallest absolute Gasteiger partial charge is 0.164 e. The zero-order valence-electron chi connectivity index (χ0n) is 14.3. The number of benzene rings is 1. The minimum Gasteiger partial charge on any atom is -0.487 e. The van der Waals surface area contributed by atoms with Gasteiger partial charge in [-0.15, -0.1) is 0 Å². The van der Waals surface area contributed by atoms with Gasteiger partial charge in [0.2, 0.25) is 0 Å². The molecule has 2 N–H and O–H groups in total. The van der Waals surface area contributed by atoms with Crippen LogP contribution in [-0.2, 0) is 4.74 Å². The average molecular weight is 324 g/mol. The van der Waals surface area contributed by atoms with Crippen LogP contribution in [-0.4, -0.2) is 48.6 Å². The topological polar surface area (TPSA) is 58.9 Å². The first-order chi connectivity index (χ1) is 10.5. The summed E-state index contributed by atoms with van der Waals surface area (Å²) in [6.07, 6.45) is 1.67. The predicted octanol–water partition coefficient (Wildman–Crippen LogP) is 1.71. The normalized spacial score (nSPS) is 16.5. The highest BCUT2D eigenvalue weighted by atomic mass is 19.1. The summed E-state index contributed by atoms with van der Waals surface area (Å²) in [4.78, 5) is 0. The molecule has 0 amide bonds. The van der Waals surface area contributed by atoms with Crippen LogP contribution in [0, 0.1) is 5.82 Å². The Morgan fingerprint density at radius 1 is 1.13 bits per heavy atom. The fourth-order valence-corrected chi connectivity index (χ4v) is 1.59. The predicted molar refractivity (Wildman–Crippen MR) is 88.9 cm³/mol. The van der Waals surface area contributed by atoms with Crippen LogP contribution in [0.5, 0.6) is 5.75 Å². The van der Waals surface area contributed by atoms with E-state index in [4.69, 9.17) is 27.5 Å². The fourth-order valence-electron chi connectivity index (χ4n) is 1.59. The second-order valence-corrected chi connectivity index (χ2v) is 6.74. The molecule has 0 unspecified atom stereocenters. The molecule has 2 rings (SSSR count). The first-order valence-corrected chi connectivity index (χ1v) is 7.75. The van der Waals surface area contributed by atoms with Gasteiger partial charge in [-0.2, -0.15) is 0 Å². The maximum absolute atomic E-state index is 13.4. The Kier molecular flexibility index (Phi) is 7.05. The van der Waals surface area contributed by atoms with Crippen molar-refractivity contribution >= 4 is 13.3 Å². The molecular formula is C17H26BFO4. The van der Waals surface area contributed by atoms with Crippen molar-refractivity contribution in [3.63, 3.8) is 0 Å². The van der Waals surface area contributed by atoms with Crippen molar-refractivity contribution in [2.45, 2.75) is 57.8 Å². The highest BCUT2D eigenvalue weighted by molar-refractivity contribution is 6.32. The van der Waals surface area contributed by atoms with E-state index in [1.165, 1.54) is 6.07 Å². The molecule has 1 aromatic carbocycles. The van der Waals surface area contributed by atoms with Crippen LogP contribution in [0.4, 0.5) is 4.39 Å². The van der Waals surface area contributed by atoms with E-state index < -0.39 is 17.0 Å². The van der Waals surface area contributed by atoms with Crippen LogP contribution in [0.2, 0.25) is 0 Å². The molecule has 6 heteroatoms. The van der Waals surface area contributed by atoms with Crippen LogP contribution in [0.25, 0.3) is 0 Å². The van der Waals surface area contributed by atoms with Crippen LogP contribution in [0.15, 0.2) is 18.2 Å². The molecule has 2 radical (unpaired) electrons. The summed E-state index contributed by atoms with van der Waals surface area (Å²) in [6.45, 7) is 7.67. The van der Waals surface area contributed by atoms with Crippen molar-refractivity contribution in [1.82, 2.24) is 0 Å². The summed E-state index contributed by atoms with van der Waals surface area (Å²) >= 11 is 0. The molecule has 1 heterocycles. The van der Waals surface area contributed by atoms with Gasteiger partial charge < -0.3 is 19.7 Å². The summed E-state index contributed by atoms with van der Waals surface area (Å²) in [5.74, 6) is -0.127. The minimum absolute atomic E-state index is 0.0527. The molecule has 0 saturated carbocycles. The van der Waals surface area contributed by atoms with E-state index in [0.29, 0.717) is 18.7 Å². The molecule has 1 fully saturated rings. The number of rotatable bonds is 3. The number of aliphatic hydroxyl groups is 2. The molecule has 1 saturated heterocycles. The maximum atomic E-state index is 13.4. The molecule has 1 aromatic rings. The van der Waals surface area contributed by atoms with Gasteiger partial charge in [0.1, 0.15) is 14.0 Å². The zero-order chi connectivity index (χ0) is 17.7. The van der Waals surface area contributed by atoms with Crippen molar-refractivity contribution in [3.8, 4) is 5.75 Å². The molecule has 0 aliphatic carbocycles. The first kappa shape index (κ1) is 19.9. The van der Waals surface area contributed by atoms with Crippen molar-refractivity contribution in [2.75, 3.05) is 13.2 Å². The molecule has 1 aliphatic rings. The van der Waals surface area contributed by atoms with Gasteiger partial charge in [-0.1, -0.05) is 11.5 Å². The third-order valence-corrected chi connectivity index (χ3v) is 3.92. The van der Waals surface area contributed by atoms with E-state index >= 15 is 0 Å². The largest absolute Gasteiger partial charge is 0.487 e. The molecular weight excluding hydrogens is 298 g/mol. The van der Waals surface area contributed by atoms with Gasteiger partial charge in [0.15, 0.2) is 11.6 Å². The standard InChI is InChI=1S/C11H12BFO2.C6H14O2/c12-8-1-2-11(10(13)7-8)15-9-3-5-14-6-4-9;1-5(2,7)6(3,4)8/h1-2,7,9H,3-6H2;7-8H,1-4H3. The SMILES string of the molecule is CC(C)(O)C(C)(C)O.[B]c1ccc(OC2CCOCC2)c(F)c1. The van der Waals surface area contributed by atoms with Gasteiger partial charge in [-0.25, -0.2) is 4.39 Å². The lowest BCUT2D eigenvalue weighted by Gasteiger charge is -2.31. The lowest BCUT2D eigenvalue weighted by atomic mass is 9.90. The Morgan fingerprint density at radius 3 is 2.09 bits per heavy atom.